The summed E-state index contributed by atoms with van der Waals surface area (Å²) in [5.74, 6) is 0.759. The van der Waals surface area contributed by atoms with Crippen molar-refractivity contribution in [2.24, 2.45) is 17.1 Å². The van der Waals surface area contributed by atoms with E-state index in [1.54, 1.807) is 0 Å². The lowest BCUT2D eigenvalue weighted by molar-refractivity contribution is 0.170. The van der Waals surface area contributed by atoms with Gasteiger partial charge in [0.1, 0.15) is 0 Å². The lowest BCUT2D eigenvalue weighted by Crippen LogP contribution is -2.35. The smallest absolute Gasteiger partial charge is 0.0606 e. The molecule has 0 aliphatic carbocycles. The number of hydrogen-bond donors (Lipinski definition) is 2. The molecule has 0 rings (SSSR count). The summed E-state index contributed by atoms with van der Waals surface area (Å²) < 4.78 is 0. The Morgan fingerprint density at radius 2 is 1.88 bits per heavy atom. The van der Waals surface area contributed by atoms with Gasteiger partial charge in [0.05, 0.1) is 5.37 Å². The van der Waals surface area contributed by atoms with Gasteiger partial charge in [-0.2, -0.15) is 12.6 Å². The minimum absolute atomic E-state index is 0.0161. The van der Waals surface area contributed by atoms with Gasteiger partial charge in [0.15, 0.2) is 0 Å². The van der Waals surface area contributed by atoms with Gasteiger partial charge in [-0.25, -0.2) is 0 Å². The molecule has 0 saturated carbocycles. The highest BCUT2D eigenvalue weighted by Gasteiger charge is 2.25. The maximum absolute atomic E-state index is 5.72. The normalized spacial score (nSPS) is 17.5. The van der Waals surface area contributed by atoms with Gasteiger partial charge in [0.25, 0.3) is 0 Å². The van der Waals surface area contributed by atoms with E-state index >= 15 is 0 Å². The van der Waals surface area contributed by atoms with E-state index in [4.69, 9.17) is 5.73 Å². The van der Waals surface area contributed by atoms with Crippen molar-refractivity contribution in [3.8, 4) is 0 Å². The van der Waals surface area contributed by atoms with Crippen LogP contribution < -0.4 is 5.73 Å². The molecule has 0 saturated heterocycles. The van der Waals surface area contributed by atoms with E-state index in [1.807, 2.05) is 0 Å². The number of thiol groups is 1. The van der Waals surface area contributed by atoms with Crippen LogP contribution in [0.4, 0.5) is 0 Å². The molecular weight excluding hydrogens is 228 g/mol. The van der Waals surface area contributed by atoms with Crippen LogP contribution in [-0.4, -0.2) is 29.9 Å². The maximum atomic E-state index is 5.72. The monoisotopic (exact) mass is 260 g/mol. The van der Waals surface area contributed by atoms with Gasteiger partial charge in [0.2, 0.25) is 0 Å². The fourth-order valence-corrected chi connectivity index (χ4v) is 2.45. The molecule has 0 heterocycles. The summed E-state index contributed by atoms with van der Waals surface area (Å²) in [5, 5.41) is -0.0161. The van der Waals surface area contributed by atoms with E-state index in [9.17, 15) is 0 Å². The van der Waals surface area contributed by atoms with Crippen molar-refractivity contribution in [2.45, 2.75) is 59.3 Å². The SMILES string of the molecule is CCN(CCCC(C)(CC)C(C)C)CC(N)S. The Kier molecular flexibility index (Phi) is 8.52. The molecule has 2 atom stereocenters. The predicted octanol–water partition coefficient (Wildman–Crippen LogP) is 3.38. The molecule has 104 valence electrons. The van der Waals surface area contributed by atoms with Crippen LogP contribution in [0.25, 0.3) is 0 Å². The van der Waals surface area contributed by atoms with Gasteiger partial charge in [-0.3, -0.25) is 0 Å². The van der Waals surface area contributed by atoms with Crippen LogP contribution in [0.1, 0.15) is 53.9 Å². The molecule has 2 nitrogen and oxygen atoms in total. The zero-order valence-corrected chi connectivity index (χ0v) is 13.3. The van der Waals surface area contributed by atoms with E-state index in [2.05, 4.69) is 52.1 Å². The van der Waals surface area contributed by atoms with Crippen molar-refractivity contribution in [2.75, 3.05) is 19.6 Å². The highest BCUT2D eigenvalue weighted by atomic mass is 32.1. The molecule has 0 spiro atoms. The average molecular weight is 260 g/mol. The first-order valence-electron chi connectivity index (χ1n) is 7.01. The summed E-state index contributed by atoms with van der Waals surface area (Å²) in [6.45, 7) is 14.7. The second-order valence-corrected chi connectivity index (χ2v) is 6.39. The van der Waals surface area contributed by atoms with Gasteiger partial charge in [-0.1, -0.05) is 41.0 Å². The van der Waals surface area contributed by atoms with Crippen molar-refractivity contribution in [3.63, 3.8) is 0 Å². The van der Waals surface area contributed by atoms with E-state index < -0.39 is 0 Å². The van der Waals surface area contributed by atoms with Gasteiger partial charge in [-0.15, -0.1) is 0 Å². The topological polar surface area (TPSA) is 29.3 Å². The average Bonchev–Trinajstić information content (AvgIpc) is 2.26. The van der Waals surface area contributed by atoms with Gasteiger partial charge >= 0.3 is 0 Å². The fraction of sp³-hybridized carbons (Fsp3) is 1.00. The van der Waals surface area contributed by atoms with Crippen LogP contribution >= 0.6 is 12.6 Å². The molecule has 0 fully saturated rings. The number of hydrogen-bond acceptors (Lipinski definition) is 3. The molecule has 2 N–H and O–H groups in total. The zero-order valence-electron chi connectivity index (χ0n) is 12.4. The van der Waals surface area contributed by atoms with Crippen molar-refractivity contribution >= 4 is 12.6 Å². The maximum Gasteiger partial charge on any atom is 0.0606 e. The van der Waals surface area contributed by atoms with Crippen LogP contribution in [0, 0.1) is 11.3 Å². The predicted molar refractivity (Wildman–Crippen MR) is 81.5 cm³/mol. The molecule has 0 aromatic heterocycles. The van der Waals surface area contributed by atoms with Crippen LogP contribution in [0.2, 0.25) is 0 Å². The summed E-state index contributed by atoms with van der Waals surface area (Å²) in [6.07, 6.45) is 3.83. The van der Waals surface area contributed by atoms with Crippen molar-refractivity contribution in [3.05, 3.63) is 0 Å². The zero-order chi connectivity index (χ0) is 13.5. The number of nitrogens with two attached hydrogens (primary N) is 1. The Morgan fingerprint density at radius 1 is 1.29 bits per heavy atom. The second-order valence-electron chi connectivity index (χ2n) is 5.73. The number of nitrogens with zero attached hydrogens (tertiary/aromatic N) is 1. The lowest BCUT2D eigenvalue weighted by Gasteiger charge is -2.34. The third-order valence-electron chi connectivity index (χ3n) is 4.32. The van der Waals surface area contributed by atoms with Crippen molar-refractivity contribution in [1.82, 2.24) is 4.90 Å². The Bertz CT molecular complexity index is 195. The highest BCUT2D eigenvalue weighted by molar-refractivity contribution is 7.80. The van der Waals surface area contributed by atoms with Crippen LogP contribution in [0.5, 0.6) is 0 Å². The van der Waals surface area contributed by atoms with Gasteiger partial charge < -0.3 is 10.6 Å². The van der Waals surface area contributed by atoms with Crippen molar-refractivity contribution in [1.29, 1.82) is 0 Å². The molecule has 0 bridgehead atoms. The third-order valence-corrected chi connectivity index (χ3v) is 4.48. The Morgan fingerprint density at radius 3 is 2.24 bits per heavy atom. The molecule has 0 amide bonds. The lowest BCUT2D eigenvalue weighted by atomic mass is 9.73. The summed E-state index contributed by atoms with van der Waals surface area (Å²) in [4.78, 5) is 2.40. The Balaban J connectivity index is 4.02. The first-order chi connectivity index (χ1) is 7.85. The van der Waals surface area contributed by atoms with Crippen LogP contribution in [0.3, 0.4) is 0 Å². The molecule has 3 heteroatoms. The molecule has 0 aromatic carbocycles. The summed E-state index contributed by atoms with van der Waals surface area (Å²) in [5.41, 5.74) is 6.21. The quantitative estimate of drug-likeness (QED) is 0.491. The van der Waals surface area contributed by atoms with Crippen LogP contribution in [0.15, 0.2) is 0 Å². The summed E-state index contributed by atoms with van der Waals surface area (Å²) in [6, 6.07) is 0. The van der Waals surface area contributed by atoms with E-state index in [-0.39, 0.29) is 5.37 Å². The summed E-state index contributed by atoms with van der Waals surface area (Å²) >= 11 is 4.26. The number of rotatable bonds is 9. The first-order valence-corrected chi connectivity index (χ1v) is 7.53. The first kappa shape index (κ1) is 17.3. The molecule has 2 unspecified atom stereocenters. The molecular formula is C14H32N2S. The molecule has 17 heavy (non-hydrogen) atoms. The molecule has 0 aliphatic rings. The minimum Gasteiger partial charge on any atom is -0.319 e. The second kappa shape index (κ2) is 8.39. The highest BCUT2D eigenvalue weighted by Crippen LogP contribution is 2.35. The van der Waals surface area contributed by atoms with Gasteiger partial charge in [-0.05, 0) is 37.3 Å². The van der Waals surface area contributed by atoms with Gasteiger partial charge in [0, 0.05) is 6.54 Å². The fourth-order valence-electron chi connectivity index (χ4n) is 2.22. The van der Waals surface area contributed by atoms with Crippen molar-refractivity contribution < 1.29 is 0 Å². The Hall–Kier alpha value is 0.270. The summed E-state index contributed by atoms with van der Waals surface area (Å²) in [7, 11) is 0. The van der Waals surface area contributed by atoms with E-state index in [1.165, 1.54) is 19.3 Å². The molecule has 0 radical (unpaired) electrons. The molecule has 0 aliphatic heterocycles. The third kappa shape index (κ3) is 6.68. The van der Waals surface area contributed by atoms with E-state index in [0.29, 0.717) is 5.41 Å². The largest absolute Gasteiger partial charge is 0.319 e. The van der Waals surface area contributed by atoms with Crippen LogP contribution in [-0.2, 0) is 0 Å². The standard InChI is InChI=1S/C14H32N2S/c1-6-14(5,12(3)4)9-8-10-16(7-2)11-13(15)17/h12-13,17H,6-11,15H2,1-5H3. The number of likely N-dealkylation sites (N-methyl/N-ethyl adjacent to an activating group) is 1. The van der Waals surface area contributed by atoms with E-state index in [0.717, 1.165) is 25.6 Å². The molecule has 0 aromatic rings. The Labute approximate surface area is 114 Å². The minimum atomic E-state index is -0.0161.